The highest BCUT2D eigenvalue weighted by Crippen LogP contribution is 2.36. The number of para-hydroxylation sites is 1. The lowest BCUT2D eigenvalue weighted by Crippen LogP contribution is -1.97. The molecule has 0 aliphatic rings. The lowest BCUT2D eigenvalue weighted by atomic mass is 10.1. The molecule has 3 aromatic carbocycles. The molecule has 0 unspecified atom stereocenters. The molecule has 0 fully saturated rings. The lowest BCUT2D eigenvalue weighted by molar-refractivity contribution is -0.383. The molecule has 1 heterocycles. The molecule has 0 saturated carbocycles. The first-order chi connectivity index (χ1) is 13.1. The van der Waals surface area contributed by atoms with Gasteiger partial charge in [0.25, 0.3) is 5.69 Å². The number of nitro groups is 1. The summed E-state index contributed by atoms with van der Waals surface area (Å²) in [6.45, 7) is 0. The minimum Gasteiger partial charge on any atom is -0.497 e. The van der Waals surface area contributed by atoms with Crippen LogP contribution in [-0.2, 0) is 0 Å². The maximum atomic E-state index is 11.6. The molecule has 1 N–H and O–H groups in total. The van der Waals surface area contributed by atoms with Gasteiger partial charge in [-0.05, 0) is 48.5 Å². The third kappa shape index (κ3) is 3.45. The lowest BCUT2D eigenvalue weighted by Gasteiger charge is -2.09. The molecule has 0 aliphatic heterocycles. The highest BCUT2D eigenvalue weighted by Gasteiger charge is 2.17. The van der Waals surface area contributed by atoms with Crippen molar-refractivity contribution in [3.63, 3.8) is 0 Å². The van der Waals surface area contributed by atoms with Gasteiger partial charge < -0.3 is 10.1 Å². The average Bonchev–Trinajstić information content (AvgIpc) is 3.13. The van der Waals surface area contributed by atoms with Gasteiger partial charge in [-0.15, -0.1) is 11.3 Å². The number of methoxy groups -OCH3 is 1. The van der Waals surface area contributed by atoms with Crippen LogP contribution in [0, 0.1) is 10.1 Å². The molecule has 1 aromatic heterocycles. The fraction of sp³-hybridized carbons (Fsp3) is 0.0500. The minimum atomic E-state index is -0.386. The van der Waals surface area contributed by atoms with E-state index in [1.165, 1.54) is 11.3 Å². The topological polar surface area (TPSA) is 77.3 Å². The second-order valence-electron chi connectivity index (χ2n) is 5.83. The maximum absolute atomic E-state index is 11.6. The third-order valence-corrected chi connectivity index (χ3v) is 5.19. The van der Waals surface area contributed by atoms with E-state index in [1.54, 1.807) is 31.4 Å². The van der Waals surface area contributed by atoms with Crippen molar-refractivity contribution < 1.29 is 9.66 Å². The van der Waals surface area contributed by atoms with Gasteiger partial charge in [0.15, 0.2) is 0 Å². The molecular formula is C20H15N3O3S. The summed E-state index contributed by atoms with van der Waals surface area (Å²) in [5.41, 5.74) is 2.79. The largest absolute Gasteiger partial charge is 0.497 e. The Morgan fingerprint density at radius 1 is 1.07 bits per heavy atom. The van der Waals surface area contributed by atoms with Crippen LogP contribution in [0.1, 0.15) is 0 Å². The first-order valence-electron chi connectivity index (χ1n) is 8.19. The van der Waals surface area contributed by atoms with E-state index < -0.39 is 0 Å². The molecule has 4 rings (SSSR count). The summed E-state index contributed by atoms with van der Waals surface area (Å²) in [5, 5.41) is 15.5. The minimum absolute atomic E-state index is 0.00238. The van der Waals surface area contributed by atoms with Crippen molar-refractivity contribution in [1.82, 2.24) is 4.98 Å². The van der Waals surface area contributed by atoms with Crippen LogP contribution in [-0.4, -0.2) is 17.0 Å². The van der Waals surface area contributed by atoms with Crippen molar-refractivity contribution in [2.24, 2.45) is 0 Å². The Balaban J connectivity index is 1.69. The van der Waals surface area contributed by atoms with Crippen LogP contribution < -0.4 is 10.1 Å². The van der Waals surface area contributed by atoms with Gasteiger partial charge in [-0.3, -0.25) is 10.1 Å². The molecule has 0 aliphatic carbocycles. The van der Waals surface area contributed by atoms with Crippen molar-refractivity contribution in [2.75, 3.05) is 12.4 Å². The summed E-state index contributed by atoms with van der Waals surface area (Å²) in [4.78, 5) is 15.8. The van der Waals surface area contributed by atoms with E-state index in [0.29, 0.717) is 5.69 Å². The summed E-state index contributed by atoms with van der Waals surface area (Å²) in [6, 6.07) is 20.1. The van der Waals surface area contributed by atoms with E-state index in [-0.39, 0.29) is 10.6 Å². The Hall–Kier alpha value is -3.45. The van der Waals surface area contributed by atoms with Gasteiger partial charge in [-0.25, -0.2) is 4.98 Å². The zero-order chi connectivity index (χ0) is 18.8. The van der Waals surface area contributed by atoms with E-state index in [9.17, 15) is 10.1 Å². The summed E-state index contributed by atoms with van der Waals surface area (Å²) in [7, 11) is 1.59. The Labute approximate surface area is 159 Å². The molecular weight excluding hydrogens is 362 g/mol. The molecule has 0 radical (unpaired) electrons. The molecule has 4 aromatic rings. The standard InChI is InChI=1S/C20H15N3O3S/c1-26-15-9-7-14(8-10-15)21-16-11-6-13(12-18(16)23(24)25)20-22-17-4-2-3-5-19(17)27-20/h2-12,21H,1H3. The predicted octanol–water partition coefficient (Wildman–Crippen LogP) is 5.62. The van der Waals surface area contributed by atoms with Crippen LogP contribution in [0.2, 0.25) is 0 Å². The highest BCUT2D eigenvalue weighted by atomic mass is 32.1. The van der Waals surface area contributed by atoms with Crippen LogP contribution in [0.5, 0.6) is 5.75 Å². The van der Waals surface area contributed by atoms with E-state index in [1.807, 2.05) is 42.5 Å². The van der Waals surface area contributed by atoms with Gasteiger partial charge in [0, 0.05) is 17.3 Å². The van der Waals surface area contributed by atoms with Gasteiger partial charge in [0.2, 0.25) is 0 Å². The number of nitro benzene ring substituents is 1. The normalized spacial score (nSPS) is 10.7. The fourth-order valence-corrected chi connectivity index (χ4v) is 3.71. The van der Waals surface area contributed by atoms with E-state index in [4.69, 9.17) is 4.74 Å². The molecule has 0 saturated heterocycles. The van der Waals surface area contributed by atoms with E-state index >= 15 is 0 Å². The third-order valence-electron chi connectivity index (χ3n) is 4.10. The molecule has 27 heavy (non-hydrogen) atoms. The summed E-state index contributed by atoms with van der Waals surface area (Å²) in [6.07, 6.45) is 0. The van der Waals surface area contributed by atoms with Crippen LogP contribution >= 0.6 is 11.3 Å². The summed E-state index contributed by atoms with van der Waals surface area (Å²) in [5.74, 6) is 0.723. The smallest absolute Gasteiger partial charge is 0.293 e. The zero-order valence-corrected chi connectivity index (χ0v) is 15.2. The second kappa shape index (κ2) is 7.05. The van der Waals surface area contributed by atoms with Gasteiger partial charge in [0.1, 0.15) is 16.4 Å². The fourth-order valence-electron chi connectivity index (χ4n) is 2.75. The van der Waals surface area contributed by atoms with Gasteiger partial charge >= 0.3 is 0 Å². The Morgan fingerprint density at radius 3 is 2.56 bits per heavy atom. The van der Waals surface area contributed by atoms with Crippen LogP contribution in [0.15, 0.2) is 66.7 Å². The number of benzene rings is 3. The first kappa shape index (κ1) is 17.0. The first-order valence-corrected chi connectivity index (χ1v) is 9.01. The SMILES string of the molecule is COc1ccc(Nc2ccc(-c3nc4ccccc4s3)cc2[N+](=O)[O-])cc1. The molecule has 6 nitrogen and oxygen atoms in total. The number of hydrogen-bond acceptors (Lipinski definition) is 6. The summed E-state index contributed by atoms with van der Waals surface area (Å²) < 4.78 is 6.18. The molecule has 0 atom stereocenters. The van der Waals surface area contributed by atoms with Crippen molar-refractivity contribution in [3.05, 3.63) is 76.8 Å². The van der Waals surface area contributed by atoms with Gasteiger partial charge in [0.05, 0.1) is 22.2 Å². The Morgan fingerprint density at radius 2 is 1.85 bits per heavy atom. The van der Waals surface area contributed by atoms with E-state index in [2.05, 4.69) is 10.3 Å². The van der Waals surface area contributed by atoms with Crippen LogP contribution in [0.4, 0.5) is 17.1 Å². The number of rotatable bonds is 5. The number of nitrogens with zero attached hydrogens (tertiary/aromatic N) is 2. The molecule has 0 bridgehead atoms. The quantitative estimate of drug-likeness (QED) is 0.360. The Bertz CT molecular complexity index is 1090. The average molecular weight is 377 g/mol. The molecule has 7 heteroatoms. The van der Waals surface area contributed by atoms with Crippen molar-refractivity contribution in [1.29, 1.82) is 0 Å². The van der Waals surface area contributed by atoms with Crippen molar-refractivity contribution >= 4 is 38.6 Å². The maximum Gasteiger partial charge on any atom is 0.293 e. The molecule has 0 amide bonds. The number of fused-ring (bicyclic) bond motifs is 1. The van der Waals surface area contributed by atoms with Crippen molar-refractivity contribution in [3.8, 4) is 16.3 Å². The highest BCUT2D eigenvalue weighted by molar-refractivity contribution is 7.21. The van der Waals surface area contributed by atoms with Crippen molar-refractivity contribution in [2.45, 2.75) is 0 Å². The Kier molecular flexibility index (Phi) is 4.43. The number of aromatic nitrogens is 1. The van der Waals surface area contributed by atoms with Gasteiger partial charge in [-0.2, -0.15) is 0 Å². The number of nitrogens with one attached hydrogen (secondary N) is 1. The van der Waals surface area contributed by atoms with Crippen LogP contribution in [0.25, 0.3) is 20.8 Å². The van der Waals surface area contributed by atoms with Gasteiger partial charge in [-0.1, -0.05) is 12.1 Å². The number of anilines is 2. The predicted molar refractivity (Wildman–Crippen MR) is 108 cm³/mol. The van der Waals surface area contributed by atoms with Crippen LogP contribution in [0.3, 0.4) is 0 Å². The monoisotopic (exact) mass is 377 g/mol. The zero-order valence-electron chi connectivity index (χ0n) is 14.4. The molecule has 0 spiro atoms. The molecule has 134 valence electrons. The van der Waals surface area contributed by atoms with E-state index in [0.717, 1.165) is 32.2 Å². The summed E-state index contributed by atoms with van der Waals surface area (Å²) >= 11 is 1.52. The number of ether oxygens (including phenoxy) is 1. The number of thiazole rings is 1. The second-order valence-corrected chi connectivity index (χ2v) is 6.86. The number of hydrogen-bond donors (Lipinski definition) is 1.